The molecular formula is C17H22N2O2. The molecule has 0 radical (unpaired) electrons. The Bertz CT molecular complexity index is 562. The molecule has 2 amide bonds. The number of carbonyl (C=O) groups excluding carboxylic acids is 2. The number of nitrogens with zero attached hydrogens (tertiary/aromatic N) is 1. The minimum absolute atomic E-state index is 0.0959. The molecule has 4 nitrogen and oxygen atoms in total. The lowest BCUT2D eigenvalue weighted by Gasteiger charge is -2.15. The van der Waals surface area contributed by atoms with E-state index in [1.54, 1.807) is 4.90 Å². The van der Waals surface area contributed by atoms with Crippen LogP contribution in [0.4, 0.5) is 11.4 Å². The third-order valence-corrected chi connectivity index (χ3v) is 4.56. The van der Waals surface area contributed by atoms with Gasteiger partial charge in [-0.25, -0.2) is 0 Å². The molecule has 4 heteroatoms. The first-order valence-electron chi connectivity index (χ1n) is 7.90. The van der Waals surface area contributed by atoms with E-state index >= 15 is 0 Å². The molecule has 0 atom stereocenters. The Morgan fingerprint density at radius 2 is 2.10 bits per heavy atom. The Labute approximate surface area is 125 Å². The largest absolute Gasteiger partial charge is 0.326 e. The molecule has 1 aliphatic carbocycles. The topological polar surface area (TPSA) is 49.4 Å². The van der Waals surface area contributed by atoms with Crippen LogP contribution in [-0.4, -0.2) is 18.4 Å². The SMILES string of the molecule is CCN1C(=O)Cc2cc(NC(=O)CC3CCCC3)ccc21. The summed E-state index contributed by atoms with van der Waals surface area (Å²) in [6.07, 6.45) is 5.93. The molecule has 0 saturated heterocycles. The molecule has 0 bridgehead atoms. The highest BCUT2D eigenvalue weighted by molar-refractivity contribution is 6.02. The highest BCUT2D eigenvalue weighted by Crippen LogP contribution is 2.31. The maximum absolute atomic E-state index is 12.1. The zero-order valence-electron chi connectivity index (χ0n) is 12.5. The van der Waals surface area contributed by atoms with Crippen LogP contribution in [0.25, 0.3) is 0 Å². The van der Waals surface area contributed by atoms with Gasteiger partial charge in [0.25, 0.3) is 0 Å². The molecule has 0 aromatic heterocycles. The zero-order valence-corrected chi connectivity index (χ0v) is 12.5. The molecule has 112 valence electrons. The normalized spacial score (nSPS) is 18.1. The number of hydrogen-bond acceptors (Lipinski definition) is 2. The third-order valence-electron chi connectivity index (χ3n) is 4.56. The molecule has 1 aliphatic heterocycles. The maximum atomic E-state index is 12.1. The molecule has 3 rings (SSSR count). The first kappa shape index (κ1) is 14.1. The lowest BCUT2D eigenvalue weighted by molar-refractivity contribution is -0.118. The van der Waals surface area contributed by atoms with Crippen LogP contribution in [0.5, 0.6) is 0 Å². The van der Waals surface area contributed by atoms with Gasteiger partial charge in [0.1, 0.15) is 0 Å². The van der Waals surface area contributed by atoms with Gasteiger partial charge in [0, 0.05) is 24.3 Å². The fraction of sp³-hybridized carbons (Fsp3) is 0.529. The number of anilines is 2. The van der Waals surface area contributed by atoms with E-state index in [1.165, 1.54) is 25.7 Å². The highest BCUT2D eigenvalue weighted by Gasteiger charge is 2.26. The van der Waals surface area contributed by atoms with Crippen molar-refractivity contribution in [3.05, 3.63) is 23.8 Å². The Morgan fingerprint density at radius 1 is 1.33 bits per heavy atom. The van der Waals surface area contributed by atoms with Crippen LogP contribution in [0.2, 0.25) is 0 Å². The molecule has 1 saturated carbocycles. The van der Waals surface area contributed by atoms with Crippen molar-refractivity contribution >= 4 is 23.2 Å². The second-order valence-corrected chi connectivity index (χ2v) is 6.06. The molecule has 1 aromatic carbocycles. The summed E-state index contributed by atoms with van der Waals surface area (Å²) in [7, 11) is 0. The minimum Gasteiger partial charge on any atom is -0.326 e. The Hall–Kier alpha value is -1.84. The molecular weight excluding hydrogens is 264 g/mol. The van der Waals surface area contributed by atoms with E-state index < -0.39 is 0 Å². The fourth-order valence-electron chi connectivity index (χ4n) is 3.50. The van der Waals surface area contributed by atoms with Crippen molar-refractivity contribution in [3.8, 4) is 0 Å². The Morgan fingerprint density at radius 3 is 2.81 bits per heavy atom. The number of carbonyl (C=O) groups is 2. The van der Waals surface area contributed by atoms with Crippen molar-refractivity contribution in [2.24, 2.45) is 5.92 Å². The number of fused-ring (bicyclic) bond motifs is 1. The van der Waals surface area contributed by atoms with Crippen LogP contribution >= 0.6 is 0 Å². The van der Waals surface area contributed by atoms with Crippen LogP contribution in [0.15, 0.2) is 18.2 Å². The van der Waals surface area contributed by atoms with Crippen LogP contribution in [0.3, 0.4) is 0 Å². The summed E-state index contributed by atoms with van der Waals surface area (Å²) in [6, 6.07) is 5.77. The van der Waals surface area contributed by atoms with Gasteiger partial charge in [0.2, 0.25) is 11.8 Å². The summed E-state index contributed by atoms with van der Waals surface area (Å²) in [5, 5.41) is 2.98. The summed E-state index contributed by atoms with van der Waals surface area (Å²) in [4.78, 5) is 25.7. The lowest BCUT2D eigenvalue weighted by atomic mass is 10.0. The lowest BCUT2D eigenvalue weighted by Crippen LogP contribution is -2.25. The molecule has 1 heterocycles. The van der Waals surface area contributed by atoms with Crippen molar-refractivity contribution in [2.75, 3.05) is 16.8 Å². The van der Waals surface area contributed by atoms with Gasteiger partial charge in [-0.05, 0) is 49.4 Å². The van der Waals surface area contributed by atoms with Gasteiger partial charge in [-0.3, -0.25) is 9.59 Å². The van der Waals surface area contributed by atoms with Gasteiger partial charge in [-0.15, -0.1) is 0 Å². The van der Waals surface area contributed by atoms with Crippen LogP contribution in [0, 0.1) is 5.92 Å². The van der Waals surface area contributed by atoms with E-state index in [2.05, 4.69) is 5.32 Å². The van der Waals surface area contributed by atoms with Gasteiger partial charge >= 0.3 is 0 Å². The Balaban J connectivity index is 1.66. The Kier molecular flexibility index (Phi) is 3.95. The first-order valence-corrected chi connectivity index (χ1v) is 7.90. The van der Waals surface area contributed by atoms with Crippen LogP contribution in [0.1, 0.15) is 44.6 Å². The second-order valence-electron chi connectivity index (χ2n) is 6.06. The monoisotopic (exact) mass is 286 g/mol. The van der Waals surface area contributed by atoms with Gasteiger partial charge in [0.15, 0.2) is 0 Å². The van der Waals surface area contributed by atoms with Crippen molar-refractivity contribution in [1.29, 1.82) is 0 Å². The summed E-state index contributed by atoms with van der Waals surface area (Å²) < 4.78 is 0. The first-order chi connectivity index (χ1) is 10.2. The van der Waals surface area contributed by atoms with E-state index in [0.717, 1.165) is 16.9 Å². The van der Waals surface area contributed by atoms with E-state index in [0.29, 0.717) is 25.3 Å². The number of hydrogen-bond donors (Lipinski definition) is 1. The van der Waals surface area contributed by atoms with E-state index in [9.17, 15) is 9.59 Å². The summed E-state index contributed by atoms with van der Waals surface area (Å²) in [5.41, 5.74) is 2.80. The van der Waals surface area contributed by atoms with Crippen LogP contribution < -0.4 is 10.2 Å². The average molecular weight is 286 g/mol. The van der Waals surface area contributed by atoms with E-state index in [1.807, 2.05) is 25.1 Å². The summed E-state index contributed by atoms with van der Waals surface area (Å²) in [5.74, 6) is 0.789. The van der Waals surface area contributed by atoms with E-state index in [4.69, 9.17) is 0 Å². The highest BCUT2D eigenvalue weighted by atomic mass is 16.2. The van der Waals surface area contributed by atoms with Crippen molar-refractivity contribution in [3.63, 3.8) is 0 Å². The maximum Gasteiger partial charge on any atom is 0.231 e. The van der Waals surface area contributed by atoms with Crippen molar-refractivity contribution < 1.29 is 9.59 Å². The predicted octanol–water partition coefficient (Wildman–Crippen LogP) is 3.11. The van der Waals surface area contributed by atoms with Gasteiger partial charge in [-0.2, -0.15) is 0 Å². The number of likely N-dealkylation sites (N-methyl/N-ethyl adjacent to an activating group) is 1. The van der Waals surface area contributed by atoms with Gasteiger partial charge in [-0.1, -0.05) is 12.8 Å². The zero-order chi connectivity index (χ0) is 14.8. The molecule has 1 fully saturated rings. The smallest absolute Gasteiger partial charge is 0.231 e. The summed E-state index contributed by atoms with van der Waals surface area (Å²) in [6.45, 7) is 2.67. The van der Waals surface area contributed by atoms with Crippen molar-refractivity contribution in [1.82, 2.24) is 0 Å². The molecule has 2 aliphatic rings. The van der Waals surface area contributed by atoms with Crippen molar-refractivity contribution in [2.45, 2.75) is 45.4 Å². The number of nitrogens with one attached hydrogen (secondary N) is 1. The van der Waals surface area contributed by atoms with Crippen LogP contribution in [-0.2, 0) is 16.0 Å². The van der Waals surface area contributed by atoms with Gasteiger partial charge in [0.05, 0.1) is 6.42 Å². The molecule has 21 heavy (non-hydrogen) atoms. The number of benzene rings is 1. The quantitative estimate of drug-likeness (QED) is 0.924. The standard InChI is InChI=1S/C17H22N2O2/c1-2-19-15-8-7-14(10-13(15)11-17(19)21)18-16(20)9-12-5-3-4-6-12/h7-8,10,12H,2-6,9,11H2,1H3,(H,18,20). The molecule has 1 aromatic rings. The average Bonchev–Trinajstić information content (AvgIpc) is 3.04. The third kappa shape index (κ3) is 2.94. The molecule has 0 spiro atoms. The number of rotatable bonds is 4. The predicted molar refractivity (Wildman–Crippen MR) is 83.4 cm³/mol. The van der Waals surface area contributed by atoms with E-state index in [-0.39, 0.29) is 11.8 Å². The molecule has 1 N–H and O–H groups in total. The summed E-state index contributed by atoms with van der Waals surface area (Å²) >= 11 is 0. The minimum atomic E-state index is 0.0959. The number of amides is 2. The van der Waals surface area contributed by atoms with Gasteiger partial charge < -0.3 is 10.2 Å². The second kappa shape index (κ2) is 5.88. The molecule has 0 unspecified atom stereocenters. The fourth-order valence-corrected chi connectivity index (χ4v) is 3.50.